The predicted octanol–water partition coefficient (Wildman–Crippen LogP) is 2.15. The van der Waals surface area contributed by atoms with Gasteiger partial charge in [0.25, 0.3) is 0 Å². The minimum absolute atomic E-state index is 0.370. The van der Waals surface area contributed by atoms with Crippen molar-refractivity contribution in [3.05, 3.63) is 35.9 Å². The lowest BCUT2D eigenvalue weighted by Crippen LogP contribution is -2.45. The molecule has 4 N–H and O–H groups in total. The van der Waals surface area contributed by atoms with Gasteiger partial charge in [-0.25, -0.2) is 0 Å². The maximum atomic E-state index is 3.57. The summed E-state index contributed by atoms with van der Waals surface area (Å²) in [5, 5.41) is 14.0. The molecule has 3 heterocycles. The fourth-order valence-corrected chi connectivity index (χ4v) is 3.15. The highest BCUT2D eigenvalue weighted by Crippen LogP contribution is 2.21. The predicted molar refractivity (Wildman–Crippen MR) is 87.1 cm³/mol. The zero-order chi connectivity index (χ0) is 14.5. The molecule has 3 atom stereocenters. The summed E-state index contributed by atoms with van der Waals surface area (Å²) >= 11 is 0. The van der Waals surface area contributed by atoms with E-state index in [2.05, 4.69) is 52.6 Å². The average molecular weight is 288 g/mol. The standard InChI is InChI=1S/C17H28N4/c1-13-5-7-15(19-11-13)10-14-6-8-17(20-12-14)21-16-4-2-3-9-18-16/h3,7-9,13-14,16,18-21H,2,4-6,10-12H2,1H3. The maximum absolute atomic E-state index is 3.57. The first-order valence-electron chi connectivity index (χ1n) is 8.34. The van der Waals surface area contributed by atoms with E-state index in [1.165, 1.54) is 24.4 Å². The van der Waals surface area contributed by atoms with Crippen molar-refractivity contribution in [3.8, 4) is 0 Å². The third-order valence-electron chi connectivity index (χ3n) is 4.56. The van der Waals surface area contributed by atoms with Crippen molar-refractivity contribution in [1.82, 2.24) is 21.3 Å². The van der Waals surface area contributed by atoms with Crippen LogP contribution in [0.2, 0.25) is 0 Å². The smallest absolute Gasteiger partial charge is 0.0973 e. The quantitative estimate of drug-likeness (QED) is 0.640. The minimum Gasteiger partial charge on any atom is -0.388 e. The van der Waals surface area contributed by atoms with Gasteiger partial charge < -0.3 is 21.3 Å². The van der Waals surface area contributed by atoms with Gasteiger partial charge in [-0.1, -0.05) is 19.1 Å². The van der Waals surface area contributed by atoms with Crippen LogP contribution in [0.5, 0.6) is 0 Å². The van der Waals surface area contributed by atoms with Gasteiger partial charge in [-0.2, -0.15) is 0 Å². The molecular weight excluding hydrogens is 260 g/mol. The van der Waals surface area contributed by atoms with Crippen LogP contribution in [0.15, 0.2) is 35.9 Å². The van der Waals surface area contributed by atoms with E-state index >= 15 is 0 Å². The topological polar surface area (TPSA) is 48.1 Å². The van der Waals surface area contributed by atoms with Gasteiger partial charge in [-0.05, 0) is 56.2 Å². The van der Waals surface area contributed by atoms with Crippen LogP contribution in [0.1, 0.15) is 39.0 Å². The Kier molecular flexibility index (Phi) is 4.73. The Labute approximate surface area is 128 Å². The third-order valence-corrected chi connectivity index (χ3v) is 4.56. The SMILES string of the molecule is CC1CC=C(CC2CC=C(NC3CCC=CN3)NC2)NC1. The molecule has 0 aromatic rings. The second-order valence-electron chi connectivity index (χ2n) is 6.60. The molecule has 0 amide bonds. The van der Waals surface area contributed by atoms with Gasteiger partial charge in [0, 0.05) is 18.8 Å². The second kappa shape index (κ2) is 6.92. The number of rotatable bonds is 4. The average Bonchev–Trinajstić information content (AvgIpc) is 2.53. The van der Waals surface area contributed by atoms with Crippen molar-refractivity contribution < 1.29 is 0 Å². The normalized spacial score (nSPS) is 32.1. The Hall–Kier alpha value is -1.58. The van der Waals surface area contributed by atoms with Crippen molar-refractivity contribution >= 4 is 0 Å². The summed E-state index contributed by atoms with van der Waals surface area (Å²) in [6.07, 6.45) is 15.2. The third kappa shape index (κ3) is 4.19. The van der Waals surface area contributed by atoms with E-state index in [0.29, 0.717) is 12.1 Å². The largest absolute Gasteiger partial charge is 0.388 e. The summed E-state index contributed by atoms with van der Waals surface area (Å²) in [6.45, 7) is 4.50. The first-order chi connectivity index (χ1) is 10.3. The summed E-state index contributed by atoms with van der Waals surface area (Å²) < 4.78 is 0. The van der Waals surface area contributed by atoms with Crippen LogP contribution >= 0.6 is 0 Å². The van der Waals surface area contributed by atoms with E-state index in [1.54, 1.807) is 0 Å². The van der Waals surface area contributed by atoms with Crippen molar-refractivity contribution in [2.24, 2.45) is 11.8 Å². The monoisotopic (exact) mass is 288 g/mol. The molecule has 21 heavy (non-hydrogen) atoms. The van der Waals surface area contributed by atoms with Crippen LogP contribution in [-0.2, 0) is 0 Å². The summed E-state index contributed by atoms with van der Waals surface area (Å²) in [4.78, 5) is 0. The molecule has 0 radical (unpaired) electrons. The molecule has 0 bridgehead atoms. The van der Waals surface area contributed by atoms with Gasteiger partial charge >= 0.3 is 0 Å². The molecule has 0 spiro atoms. The maximum Gasteiger partial charge on any atom is 0.0973 e. The summed E-state index contributed by atoms with van der Waals surface area (Å²) in [6, 6.07) is 0. The lowest BCUT2D eigenvalue weighted by atomic mass is 9.93. The summed E-state index contributed by atoms with van der Waals surface area (Å²) in [5.74, 6) is 2.69. The number of hydrogen-bond acceptors (Lipinski definition) is 4. The minimum atomic E-state index is 0.370. The van der Waals surface area contributed by atoms with Gasteiger partial charge in [0.2, 0.25) is 0 Å². The molecule has 4 nitrogen and oxygen atoms in total. The van der Waals surface area contributed by atoms with E-state index in [0.717, 1.165) is 38.3 Å². The first kappa shape index (κ1) is 14.4. The fourth-order valence-electron chi connectivity index (χ4n) is 3.15. The lowest BCUT2D eigenvalue weighted by molar-refractivity contribution is 0.402. The van der Waals surface area contributed by atoms with Crippen LogP contribution in [0.3, 0.4) is 0 Å². The number of allylic oxidation sites excluding steroid dienone is 4. The van der Waals surface area contributed by atoms with Gasteiger partial charge in [0.05, 0.1) is 12.0 Å². The molecule has 3 aliphatic rings. The van der Waals surface area contributed by atoms with Crippen LogP contribution in [0.4, 0.5) is 0 Å². The Morgan fingerprint density at radius 3 is 2.81 bits per heavy atom. The van der Waals surface area contributed by atoms with E-state index in [4.69, 9.17) is 0 Å². The van der Waals surface area contributed by atoms with Crippen molar-refractivity contribution in [3.63, 3.8) is 0 Å². The molecule has 0 aromatic carbocycles. The van der Waals surface area contributed by atoms with Crippen molar-refractivity contribution in [2.75, 3.05) is 13.1 Å². The van der Waals surface area contributed by atoms with E-state index < -0.39 is 0 Å². The molecule has 0 fully saturated rings. The van der Waals surface area contributed by atoms with Crippen LogP contribution in [0, 0.1) is 11.8 Å². The first-order valence-corrected chi connectivity index (χ1v) is 8.34. The van der Waals surface area contributed by atoms with Gasteiger partial charge in [-0.3, -0.25) is 0 Å². The van der Waals surface area contributed by atoms with Crippen LogP contribution in [-0.4, -0.2) is 19.3 Å². The molecular formula is C17H28N4. The molecule has 116 valence electrons. The Bertz CT molecular complexity index is 438. The molecule has 0 saturated heterocycles. The molecule has 3 aliphatic heterocycles. The van der Waals surface area contributed by atoms with Crippen molar-refractivity contribution in [2.45, 2.75) is 45.2 Å². The number of hydrogen-bond donors (Lipinski definition) is 4. The van der Waals surface area contributed by atoms with E-state index in [-0.39, 0.29) is 0 Å². The Morgan fingerprint density at radius 2 is 2.14 bits per heavy atom. The fraction of sp³-hybridized carbons (Fsp3) is 0.647. The molecule has 3 rings (SSSR count). The van der Waals surface area contributed by atoms with Crippen molar-refractivity contribution in [1.29, 1.82) is 0 Å². The van der Waals surface area contributed by atoms with Gasteiger partial charge in [-0.15, -0.1) is 0 Å². The van der Waals surface area contributed by atoms with Crippen LogP contribution < -0.4 is 21.3 Å². The summed E-state index contributed by atoms with van der Waals surface area (Å²) in [7, 11) is 0. The number of nitrogens with one attached hydrogen (secondary N) is 4. The van der Waals surface area contributed by atoms with Crippen LogP contribution in [0.25, 0.3) is 0 Å². The zero-order valence-corrected chi connectivity index (χ0v) is 13.0. The Morgan fingerprint density at radius 1 is 1.19 bits per heavy atom. The molecule has 0 saturated carbocycles. The molecule has 0 aliphatic carbocycles. The molecule has 3 unspecified atom stereocenters. The lowest BCUT2D eigenvalue weighted by Gasteiger charge is -2.30. The van der Waals surface area contributed by atoms with Gasteiger partial charge in [0.15, 0.2) is 0 Å². The Balaban J connectivity index is 1.44. The van der Waals surface area contributed by atoms with E-state index in [9.17, 15) is 0 Å². The highest BCUT2D eigenvalue weighted by Gasteiger charge is 2.19. The van der Waals surface area contributed by atoms with E-state index in [1.807, 2.05) is 0 Å². The zero-order valence-electron chi connectivity index (χ0n) is 13.0. The molecule has 0 aromatic heterocycles. The highest BCUT2D eigenvalue weighted by atomic mass is 15.2. The van der Waals surface area contributed by atoms with Gasteiger partial charge in [0.1, 0.15) is 0 Å². The second-order valence-corrected chi connectivity index (χ2v) is 6.60. The highest BCUT2D eigenvalue weighted by molar-refractivity contribution is 5.10. The molecule has 4 heteroatoms. The summed E-state index contributed by atoms with van der Waals surface area (Å²) in [5.41, 5.74) is 1.45.